The number of unbranched alkanes of at least 4 members (excludes halogenated alkanes) is 2. The number of carboxylic acids is 1. The molecule has 1 amide bonds. The molecule has 0 unspecified atom stereocenters. The molecule has 1 atom stereocenters. The van der Waals surface area contributed by atoms with Crippen molar-refractivity contribution in [3.8, 4) is 6.07 Å². The standard InChI is InChI=1S/C12H20N2O5/c1-18-7-8-19-9-11(15)14-10(12(16)17)5-3-2-4-6-13/h10H,2-5,7-9H2,1H3,(H,14,15)(H,16,17)/t10-/m0/s1. The lowest BCUT2D eigenvalue weighted by Crippen LogP contribution is -2.42. The predicted octanol–water partition coefficient (Wildman–Crippen LogP) is 0.303. The van der Waals surface area contributed by atoms with Crippen molar-refractivity contribution in [3.05, 3.63) is 0 Å². The highest BCUT2D eigenvalue weighted by atomic mass is 16.5. The fraction of sp³-hybridized carbons (Fsp3) is 0.750. The van der Waals surface area contributed by atoms with Crippen LogP contribution < -0.4 is 5.32 Å². The first-order chi connectivity index (χ1) is 9.11. The first kappa shape index (κ1) is 17.4. The van der Waals surface area contributed by atoms with E-state index in [-0.39, 0.29) is 13.2 Å². The van der Waals surface area contributed by atoms with Gasteiger partial charge in [-0.1, -0.05) is 0 Å². The van der Waals surface area contributed by atoms with E-state index in [2.05, 4.69) is 5.32 Å². The summed E-state index contributed by atoms with van der Waals surface area (Å²) in [5, 5.41) is 19.7. The minimum atomic E-state index is -1.08. The number of carboxylic acid groups (broad SMARTS) is 1. The van der Waals surface area contributed by atoms with Crippen LogP contribution in [0.15, 0.2) is 0 Å². The van der Waals surface area contributed by atoms with Gasteiger partial charge < -0.3 is 19.9 Å². The van der Waals surface area contributed by atoms with Gasteiger partial charge >= 0.3 is 5.97 Å². The Morgan fingerprint density at radius 3 is 2.68 bits per heavy atom. The summed E-state index contributed by atoms with van der Waals surface area (Å²) in [5.74, 6) is -1.55. The molecule has 0 aliphatic rings. The molecule has 0 aromatic carbocycles. The van der Waals surface area contributed by atoms with E-state index in [0.717, 1.165) is 0 Å². The Morgan fingerprint density at radius 2 is 2.11 bits per heavy atom. The zero-order valence-corrected chi connectivity index (χ0v) is 11.1. The van der Waals surface area contributed by atoms with Crippen LogP contribution in [-0.2, 0) is 19.1 Å². The first-order valence-corrected chi connectivity index (χ1v) is 6.07. The number of hydrogen-bond acceptors (Lipinski definition) is 5. The highest BCUT2D eigenvalue weighted by Crippen LogP contribution is 2.03. The molecule has 0 bridgehead atoms. The Labute approximate surface area is 112 Å². The third-order valence-corrected chi connectivity index (χ3v) is 2.33. The summed E-state index contributed by atoms with van der Waals surface area (Å²) in [6.45, 7) is 0.471. The Bertz CT molecular complexity index is 314. The van der Waals surface area contributed by atoms with Crippen LogP contribution in [-0.4, -0.2) is 50.0 Å². The fourth-order valence-electron chi connectivity index (χ4n) is 1.35. The van der Waals surface area contributed by atoms with E-state index in [1.807, 2.05) is 6.07 Å². The van der Waals surface area contributed by atoms with Gasteiger partial charge in [0.25, 0.3) is 0 Å². The molecule has 0 aliphatic carbocycles. The fourth-order valence-corrected chi connectivity index (χ4v) is 1.35. The van der Waals surface area contributed by atoms with Crippen LogP contribution in [0.1, 0.15) is 25.7 Å². The third-order valence-electron chi connectivity index (χ3n) is 2.33. The van der Waals surface area contributed by atoms with Crippen molar-refractivity contribution < 1.29 is 24.2 Å². The highest BCUT2D eigenvalue weighted by Gasteiger charge is 2.19. The van der Waals surface area contributed by atoms with E-state index < -0.39 is 17.9 Å². The average molecular weight is 272 g/mol. The Kier molecular flexibility index (Phi) is 10.4. The van der Waals surface area contributed by atoms with Crippen LogP contribution in [0.4, 0.5) is 0 Å². The Morgan fingerprint density at radius 1 is 1.37 bits per heavy atom. The van der Waals surface area contributed by atoms with E-state index in [1.165, 1.54) is 7.11 Å². The number of carbonyl (C=O) groups is 2. The lowest BCUT2D eigenvalue weighted by Gasteiger charge is -2.14. The van der Waals surface area contributed by atoms with Crippen LogP contribution in [0, 0.1) is 11.3 Å². The summed E-state index contributed by atoms with van der Waals surface area (Å²) < 4.78 is 9.73. The molecule has 0 fully saturated rings. The average Bonchev–Trinajstić information content (AvgIpc) is 2.38. The molecule has 0 aliphatic heterocycles. The van der Waals surface area contributed by atoms with Crippen LogP contribution in [0.2, 0.25) is 0 Å². The van der Waals surface area contributed by atoms with Gasteiger partial charge in [0.1, 0.15) is 12.6 Å². The molecule has 19 heavy (non-hydrogen) atoms. The highest BCUT2D eigenvalue weighted by molar-refractivity contribution is 5.84. The minimum absolute atomic E-state index is 0.189. The number of nitrogens with zero attached hydrogens (tertiary/aromatic N) is 1. The SMILES string of the molecule is COCCOCC(=O)N[C@@H](CCCCC#N)C(=O)O. The van der Waals surface area contributed by atoms with E-state index in [9.17, 15) is 9.59 Å². The number of ether oxygens (including phenoxy) is 2. The smallest absolute Gasteiger partial charge is 0.326 e. The van der Waals surface area contributed by atoms with E-state index >= 15 is 0 Å². The number of rotatable bonds is 11. The maximum absolute atomic E-state index is 11.4. The molecular formula is C12H20N2O5. The second-order valence-electron chi connectivity index (χ2n) is 3.91. The molecule has 0 saturated carbocycles. The summed E-state index contributed by atoms with van der Waals surface area (Å²) in [4.78, 5) is 22.4. The van der Waals surface area contributed by atoms with Crippen molar-refractivity contribution in [1.82, 2.24) is 5.32 Å². The summed E-state index contributed by atoms with van der Waals surface area (Å²) in [6, 6.07) is 1.05. The van der Waals surface area contributed by atoms with E-state index in [1.54, 1.807) is 0 Å². The molecule has 7 heteroatoms. The van der Waals surface area contributed by atoms with Gasteiger partial charge in [0.2, 0.25) is 5.91 Å². The number of methoxy groups -OCH3 is 1. The predicted molar refractivity (Wildman–Crippen MR) is 66.3 cm³/mol. The van der Waals surface area contributed by atoms with Gasteiger partial charge in [0, 0.05) is 13.5 Å². The zero-order valence-electron chi connectivity index (χ0n) is 11.1. The molecule has 0 spiro atoms. The zero-order chi connectivity index (χ0) is 14.5. The lowest BCUT2D eigenvalue weighted by atomic mass is 10.1. The van der Waals surface area contributed by atoms with Crippen LogP contribution in [0.3, 0.4) is 0 Å². The number of amides is 1. The van der Waals surface area contributed by atoms with Crippen LogP contribution >= 0.6 is 0 Å². The molecule has 0 aromatic heterocycles. The molecule has 2 N–H and O–H groups in total. The maximum Gasteiger partial charge on any atom is 0.326 e. The molecule has 0 heterocycles. The van der Waals surface area contributed by atoms with Crippen molar-refractivity contribution in [1.29, 1.82) is 5.26 Å². The van der Waals surface area contributed by atoms with Crippen molar-refractivity contribution in [2.45, 2.75) is 31.7 Å². The quantitative estimate of drug-likeness (QED) is 0.524. The molecule has 108 valence electrons. The summed E-state index contributed by atoms with van der Waals surface area (Å²) in [7, 11) is 1.52. The largest absolute Gasteiger partial charge is 0.480 e. The van der Waals surface area contributed by atoms with E-state index in [4.69, 9.17) is 19.8 Å². The molecular weight excluding hydrogens is 252 g/mol. The van der Waals surface area contributed by atoms with Gasteiger partial charge in [-0.15, -0.1) is 0 Å². The van der Waals surface area contributed by atoms with Crippen LogP contribution in [0.25, 0.3) is 0 Å². The third kappa shape index (κ3) is 10.00. The van der Waals surface area contributed by atoms with Crippen LogP contribution in [0.5, 0.6) is 0 Å². The van der Waals surface area contributed by atoms with Gasteiger partial charge in [0.15, 0.2) is 0 Å². The van der Waals surface area contributed by atoms with E-state index in [0.29, 0.717) is 32.3 Å². The number of carbonyl (C=O) groups excluding carboxylic acids is 1. The summed E-state index contributed by atoms with van der Waals surface area (Å²) in [5.41, 5.74) is 0. The van der Waals surface area contributed by atoms with Crippen molar-refractivity contribution in [3.63, 3.8) is 0 Å². The Hall–Kier alpha value is -1.65. The number of nitrogens with one attached hydrogen (secondary N) is 1. The number of nitriles is 1. The normalized spacial score (nSPS) is 11.6. The van der Waals surface area contributed by atoms with Gasteiger partial charge in [-0.05, 0) is 19.3 Å². The van der Waals surface area contributed by atoms with Gasteiger partial charge in [-0.2, -0.15) is 5.26 Å². The molecule has 0 aromatic rings. The number of aliphatic carboxylic acids is 1. The second-order valence-corrected chi connectivity index (χ2v) is 3.91. The van der Waals surface area contributed by atoms with Crippen molar-refractivity contribution in [2.24, 2.45) is 0 Å². The molecule has 0 radical (unpaired) electrons. The van der Waals surface area contributed by atoms with Crippen molar-refractivity contribution >= 4 is 11.9 Å². The first-order valence-electron chi connectivity index (χ1n) is 6.07. The minimum Gasteiger partial charge on any atom is -0.480 e. The van der Waals surface area contributed by atoms with Gasteiger partial charge in [-0.25, -0.2) is 4.79 Å². The molecule has 7 nitrogen and oxygen atoms in total. The van der Waals surface area contributed by atoms with Gasteiger partial charge in [0.05, 0.1) is 19.3 Å². The monoisotopic (exact) mass is 272 g/mol. The molecule has 0 rings (SSSR count). The number of hydrogen-bond donors (Lipinski definition) is 2. The van der Waals surface area contributed by atoms with Crippen molar-refractivity contribution in [2.75, 3.05) is 26.9 Å². The molecule has 0 saturated heterocycles. The van der Waals surface area contributed by atoms with Gasteiger partial charge in [-0.3, -0.25) is 4.79 Å². The lowest BCUT2D eigenvalue weighted by molar-refractivity contribution is -0.142. The Balaban J connectivity index is 3.88. The topological polar surface area (TPSA) is 109 Å². The summed E-state index contributed by atoms with van der Waals surface area (Å²) in [6.07, 6.45) is 1.90. The summed E-state index contributed by atoms with van der Waals surface area (Å²) >= 11 is 0. The maximum atomic E-state index is 11.4. The second kappa shape index (κ2) is 11.4.